The van der Waals surface area contributed by atoms with Gasteiger partial charge >= 0.3 is 0 Å². The summed E-state index contributed by atoms with van der Waals surface area (Å²) in [6.07, 6.45) is 2.08. The van der Waals surface area contributed by atoms with Gasteiger partial charge in [0.1, 0.15) is 11.5 Å². The van der Waals surface area contributed by atoms with Crippen LogP contribution in [0.3, 0.4) is 0 Å². The summed E-state index contributed by atoms with van der Waals surface area (Å²) in [5, 5.41) is 2.87. The molecule has 0 aliphatic heterocycles. The molecule has 0 aromatic heterocycles. The largest absolute Gasteiger partial charge is 0.494 e. The fourth-order valence-electron chi connectivity index (χ4n) is 1.74. The predicted molar refractivity (Wildman–Crippen MR) is 82.0 cm³/mol. The summed E-state index contributed by atoms with van der Waals surface area (Å²) in [6.45, 7) is 4.95. The molecule has 20 heavy (non-hydrogen) atoms. The molecule has 0 bridgehead atoms. The van der Waals surface area contributed by atoms with Crippen LogP contribution in [0.15, 0.2) is 18.2 Å². The van der Waals surface area contributed by atoms with Gasteiger partial charge in [0, 0.05) is 18.4 Å². The summed E-state index contributed by atoms with van der Waals surface area (Å²) in [6, 6.07) is 5.43. The van der Waals surface area contributed by atoms with Crippen molar-refractivity contribution in [1.82, 2.24) is 0 Å². The highest BCUT2D eigenvalue weighted by molar-refractivity contribution is 6.17. The predicted octanol–water partition coefficient (Wildman–Crippen LogP) is 3.83. The van der Waals surface area contributed by atoms with Gasteiger partial charge in [0.2, 0.25) is 5.91 Å². The van der Waals surface area contributed by atoms with E-state index < -0.39 is 0 Å². The van der Waals surface area contributed by atoms with Crippen molar-refractivity contribution in [3.8, 4) is 11.5 Å². The lowest BCUT2D eigenvalue weighted by Gasteiger charge is -2.13. The number of nitrogens with one attached hydrogen (secondary N) is 1. The maximum Gasteiger partial charge on any atom is 0.224 e. The van der Waals surface area contributed by atoms with Gasteiger partial charge in [-0.2, -0.15) is 0 Å². The Morgan fingerprint density at radius 2 is 1.95 bits per heavy atom. The van der Waals surface area contributed by atoms with Gasteiger partial charge < -0.3 is 14.8 Å². The number of alkyl halides is 1. The highest BCUT2D eigenvalue weighted by Crippen LogP contribution is 2.29. The van der Waals surface area contributed by atoms with E-state index in [2.05, 4.69) is 5.32 Å². The van der Waals surface area contributed by atoms with E-state index >= 15 is 0 Å². The lowest BCUT2D eigenvalue weighted by Crippen LogP contribution is -2.12. The lowest BCUT2D eigenvalue weighted by molar-refractivity contribution is -0.116. The van der Waals surface area contributed by atoms with Crippen LogP contribution < -0.4 is 14.8 Å². The third-order valence-electron chi connectivity index (χ3n) is 2.62. The van der Waals surface area contributed by atoms with E-state index in [0.29, 0.717) is 42.7 Å². The molecule has 0 fully saturated rings. The first kappa shape index (κ1) is 16.6. The van der Waals surface area contributed by atoms with Crippen molar-refractivity contribution in [3.63, 3.8) is 0 Å². The highest BCUT2D eigenvalue weighted by atomic mass is 35.5. The van der Waals surface area contributed by atoms with Gasteiger partial charge in [-0.25, -0.2) is 0 Å². The van der Waals surface area contributed by atoms with E-state index in [1.54, 1.807) is 6.07 Å². The number of carbonyl (C=O) groups excluding carboxylic acids is 1. The van der Waals surface area contributed by atoms with Crippen LogP contribution in [0.2, 0.25) is 0 Å². The molecule has 0 atom stereocenters. The molecule has 0 heterocycles. The Bertz CT molecular complexity index is 424. The number of carbonyl (C=O) groups is 1. The standard InChI is InChI=1S/C15H22ClNO3/c1-3-19-12-8-9-14(20-4-2)13(11-12)17-15(18)7-5-6-10-16/h8-9,11H,3-7,10H2,1-2H3,(H,17,18). The van der Waals surface area contributed by atoms with E-state index in [1.165, 1.54) is 0 Å². The molecule has 0 saturated heterocycles. The van der Waals surface area contributed by atoms with Crippen molar-refractivity contribution in [2.75, 3.05) is 24.4 Å². The fourth-order valence-corrected chi connectivity index (χ4v) is 1.93. The minimum atomic E-state index is -0.0373. The first-order chi connectivity index (χ1) is 9.71. The summed E-state index contributed by atoms with van der Waals surface area (Å²) in [5.74, 6) is 1.91. The van der Waals surface area contributed by atoms with Crippen LogP contribution in [0, 0.1) is 0 Å². The number of anilines is 1. The zero-order valence-electron chi connectivity index (χ0n) is 12.1. The number of amides is 1. The molecule has 0 saturated carbocycles. The van der Waals surface area contributed by atoms with Crippen molar-refractivity contribution in [1.29, 1.82) is 0 Å². The van der Waals surface area contributed by atoms with Crippen LogP contribution >= 0.6 is 11.6 Å². The first-order valence-electron chi connectivity index (χ1n) is 6.96. The number of unbranched alkanes of at least 4 members (excludes halogenated alkanes) is 1. The molecule has 1 rings (SSSR count). The number of rotatable bonds is 9. The third-order valence-corrected chi connectivity index (χ3v) is 2.89. The third kappa shape index (κ3) is 5.70. The van der Waals surface area contributed by atoms with Gasteiger partial charge in [-0.3, -0.25) is 4.79 Å². The maximum absolute atomic E-state index is 11.9. The normalized spacial score (nSPS) is 10.2. The van der Waals surface area contributed by atoms with E-state index in [0.717, 1.165) is 12.8 Å². The molecule has 112 valence electrons. The first-order valence-corrected chi connectivity index (χ1v) is 7.50. The number of hydrogen-bond donors (Lipinski definition) is 1. The van der Waals surface area contributed by atoms with Gasteiger partial charge in [-0.15, -0.1) is 11.6 Å². The Hall–Kier alpha value is -1.42. The van der Waals surface area contributed by atoms with E-state index in [4.69, 9.17) is 21.1 Å². The minimum absolute atomic E-state index is 0.0373. The van der Waals surface area contributed by atoms with E-state index in [1.807, 2.05) is 26.0 Å². The molecule has 0 aliphatic rings. The van der Waals surface area contributed by atoms with Crippen molar-refractivity contribution in [3.05, 3.63) is 18.2 Å². The SMILES string of the molecule is CCOc1ccc(OCC)c(NC(=O)CCCCCl)c1. The monoisotopic (exact) mass is 299 g/mol. The molecule has 0 aliphatic carbocycles. The summed E-state index contributed by atoms with van der Waals surface area (Å²) in [5.41, 5.74) is 0.647. The number of ether oxygens (including phenoxy) is 2. The average molecular weight is 300 g/mol. The highest BCUT2D eigenvalue weighted by Gasteiger charge is 2.09. The number of halogens is 1. The molecule has 0 radical (unpaired) electrons. The van der Waals surface area contributed by atoms with Crippen LogP contribution in [0.4, 0.5) is 5.69 Å². The van der Waals surface area contributed by atoms with E-state index in [9.17, 15) is 4.79 Å². The molecule has 5 heteroatoms. The van der Waals surface area contributed by atoms with Crippen LogP contribution in [0.25, 0.3) is 0 Å². The zero-order chi connectivity index (χ0) is 14.8. The second kappa shape index (κ2) is 9.48. The topological polar surface area (TPSA) is 47.6 Å². The summed E-state index contributed by atoms with van der Waals surface area (Å²) < 4.78 is 10.9. The van der Waals surface area contributed by atoms with Gasteiger partial charge in [0.25, 0.3) is 0 Å². The number of hydrogen-bond acceptors (Lipinski definition) is 3. The Morgan fingerprint density at radius 1 is 1.20 bits per heavy atom. The minimum Gasteiger partial charge on any atom is -0.494 e. The maximum atomic E-state index is 11.9. The lowest BCUT2D eigenvalue weighted by atomic mass is 10.2. The smallest absolute Gasteiger partial charge is 0.224 e. The molecule has 1 N–H and O–H groups in total. The Morgan fingerprint density at radius 3 is 2.60 bits per heavy atom. The summed E-state index contributed by atoms with van der Waals surface area (Å²) >= 11 is 5.60. The van der Waals surface area contributed by atoms with Gasteiger partial charge in [0.15, 0.2) is 0 Å². The van der Waals surface area contributed by atoms with Gasteiger partial charge in [0.05, 0.1) is 18.9 Å². The van der Waals surface area contributed by atoms with Crippen molar-refractivity contribution < 1.29 is 14.3 Å². The summed E-state index contributed by atoms with van der Waals surface area (Å²) in [7, 11) is 0. The molecule has 1 aromatic rings. The quantitative estimate of drug-likeness (QED) is 0.557. The second-order valence-electron chi connectivity index (χ2n) is 4.22. The summed E-state index contributed by atoms with van der Waals surface area (Å²) in [4.78, 5) is 11.9. The van der Waals surface area contributed by atoms with Crippen LogP contribution in [0.1, 0.15) is 33.1 Å². The molecular weight excluding hydrogens is 278 g/mol. The average Bonchev–Trinajstić information content (AvgIpc) is 2.42. The van der Waals surface area contributed by atoms with Crippen molar-refractivity contribution in [2.45, 2.75) is 33.1 Å². The van der Waals surface area contributed by atoms with E-state index in [-0.39, 0.29) is 5.91 Å². The Balaban J connectivity index is 2.72. The fraction of sp³-hybridized carbons (Fsp3) is 0.533. The molecule has 0 spiro atoms. The molecule has 1 amide bonds. The van der Waals surface area contributed by atoms with Gasteiger partial charge in [-0.1, -0.05) is 0 Å². The second-order valence-corrected chi connectivity index (χ2v) is 4.60. The molecule has 4 nitrogen and oxygen atoms in total. The van der Waals surface area contributed by atoms with Crippen molar-refractivity contribution >= 4 is 23.2 Å². The van der Waals surface area contributed by atoms with Gasteiger partial charge in [-0.05, 0) is 38.8 Å². The molecule has 0 unspecified atom stereocenters. The molecular formula is C15H22ClNO3. The van der Waals surface area contributed by atoms with Crippen LogP contribution in [-0.4, -0.2) is 25.0 Å². The zero-order valence-corrected chi connectivity index (χ0v) is 12.8. The Kier molecular flexibility index (Phi) is 7.88. The molecule has 1 aromatic carbocycles. The Labute approximate surface area is 125 Å². The van der Waals surface area contributed by atoms with Crippen LogP contribution in [0.5, 0.6) is 11.5 Å². The van der Waals surface area contributed by atoms with Crippen LogP contribution in [-0.2, 0) is 4.79 Å². The van der Waals surface area contributed by atoms with Crippen molar-refractivity contribution in [2.24, 2.45) is 0 Å². The number of benzene rings is 1.